The number of amides is 1. The molecular weight excluding hydrogens is 308 g/mol. The minimum absolute atomic E-state index is 0.0326. The molecule has 5 rings (SSSR count). The zero-order chi connectivity index (χ0) is 16.6. The molecule has 1 fully saturated rings. The van der Waals surface area contributed by atoms with Crippen LogP contribution >= 0.6 is 0 Å². The molecule has 0 saturated carbocycles. The zero-order valence-corrected chi connectivity index (χ0v) is 13.4. The van der Waals surface area contributed by atoms with Crippen molar-refractivity contribution < 1.29 is 19.7 Å². The van der Waals surface area contributed by atoms with Gasteiger partial charge in [0, 0.05) is 34.7 Å². The quantitative estimate of drug-likeness (QED) is 0.552. The third-order valence-corrected chi connectivity index (χ3v) is 6.49. The van der Waals surface area contributed by atoms with Crippen LogP contribution in [0.15, 0.2) is 18.2 Å². The summed E-state index contributed by atoms with van der Waals surface area (Å²) >= 11 is 0. The Balaban J connectivity index is 1.83. The number of aliphatic hydroxyl groups excluding tert-OH is 1. The molecule has 1 saturated heterocycles. The van der Waals surface area contributed by atoms with E-state index in [-0.39, 0.29) is 23.2 Å². The number of likely N-dealkylation sites (N-methyl/N-ethyl adjacent to an activating group) is 1. The molecule has 2 aliphatic carbocycles. The van der Waals surface area contributed by atoms with Gasteiger partial charge in [-0.25, -0.2) is 0 Å². The molecule has 0 radical (unpaired) electrons. The normalized spacial score (nSPS) is 38.4. The second-order valence-electron chi connectivity index (χ2n) is 7.37. The van der Waals surface area contributed by atoms with Gasteiger partial charge in [-0.3, -0.25) is 4.79 Å². The number of nitrogens with one attached hydrogen (secondary N) is 1. The number of benzene rings is 1. The Morgan fingerprint density at radius 3 is 3.08 bits per heavy atom. The fourth-order valence-electron chi connectivity index (χ4n) is 5.52. The van der Waals surface area contributed by atoms with E-state index in [1.807, 2.05) is 6.08 Å². The van der Waals surface area contributed by atoms with Gasteiger partial charge in [-0.1, -0.05) is 12.2 Å². The lowest BCUT2D eigenvalue weighted by Crippen LogP contribution is -2.64. The van der Waals surface area contributed by atoms with E-state index in [4.69, 9.17) is 4.74 Å². The molecule has 2 aliphatic heterocycles. The standard InChI is InChI=1S/C18H20N2O4/c1-20-5-4-18-10-2-3-13(22)17(18)24-16-14(23)7-11(19-8-21)9(15(16)18)6-12(10)20/h2-3,7-8,10,12-13,17,22-23H,4-6H2,1H3,(H,19,21)/t10-,12+,13-,17-,18-/m0/s1. The molecule has 6 heteroatoms. The maximum atomic E-state index is 11.0. The van der Waals surface area contributed by atoms with Gasteiger partial charge in [0.15, 0.2) is 11.5 Å². The van der Waals surface area contributed by atoms with Gasteiger partial charge < -0.3 is 25.2 Å². The number of hydrogen-bond donors (Lipinski definition) is 3. The van der Waals surface area contributed by atoms with Crippen LogP contribution in [0.4, 0.5) is 5.69 Å². The second kappa shape index (κ2) is 4.52. The number of anilines is 1. The van der Waals surface area contributed by atoms with Crippen molar-refractivity contribution in [3.63, 3.8) is 0 Å². The van der Waals surface area contributed by atoms with Crippen LogP contribution in [0, 0.1) is 5.92 Å². The van der Waals surface area contributed by atoms with Crippen LogP contribution in [0.3, 0.4) is 0 Å². The molecule has 1 aromatic carbocycles. The first-order valence-corrected chi connectivity index (χ1v) is 8.40. The van der Waals surface area contributed by atoms with Crippen molar-refractivity contribution in [2.45, 2.75) is 36.5 Å². The maximum absolute atomic E-state index is 11.0. The lowest BCUT2D eigenvalue weighted by molar-refractivity contribution is -0.105. The van der Waals surface area contributed by atoms with Gasteiger partial charge in [0.05, 0.1) is 0 Å². The number of nitrogens with zero attached hydrogens (tertiary/aromatic N) is 1. The number of ether oxygens (including phenoxy) is 1. The summed E-state index contributed by atoms with van der Waals surface area (Å²) < 4.78 is 6.10. The van der Waals surface area contributed by atoms with E-state index in [1.54, 1.807) is 6.07 Å². The highest BCUT2D eigenvalue weighted by molar-refractivity contribution is 5.79. The van der Waals surface area contributed by atoms with Gasteiger partial charge in [0.1, 0.15) is 12.2 Å². The van der Waals surface area contributed by atoms with E-state index < -0.39 is 6.10 Å². The predicted molar refractivity (Wildman–Crippen MR) is 87.3 cm³/mol. The SMILES string of the molecule is CN1CC[C@]23c4c5c(NC=O)cc(O)c4O[C@H]2[C@@H](O)C=C[C@H]3[C@H]1C5. The van der Waals surface area contributed by atoms with Crippen molar-refractivity contribution in [1.29, 1.82) is 0 Å². The van der Waals surface area contributed by atoms with Gasteiger partial charge in [-0.05, 0) is 32.0 Å². The number of aromatic hydroxyl groups is 1. The molecule has 1 spiro atoms. The summed E-state index contributed by atoms with van der Waals surface area (Å²) in [5.41, 5.74) is 2.35. The molecule has 4 aliphatic rings. The van der Waals surface area contributed by atoms with Crippen LogP contribution in [0.2, 0.25) is 0 Å². The molecule has 126 valence electrons. The molecule has 6 nitrogen and oxygen atoms in total. The van der Waals surface area contributed by atoms with Crippen molar-refractivity contribution in [3.8, 4) is 11.5 Å². The van der Waals surface area contributed by atoms with Gasteiger partial charge in [-0.15, -0.1) is 0 Å². The molecule has 3 N–H and O–H groups in total. The average molecular weight is 328 g/mol. The van der Waals surface area contributed by atoms with E-state index in [2.05, 4.69) is 23.3 Å². The van der Waals surface area contributed by atoms with Crippen LogP contribution < -0.4 is 10.1 Å². The number of carbonyl (C=O) groups excluding carboxylic acids is 1. The number of piperidine rings is 1. The Kier molecular flexibility index (Phi) is 2.69. The van der Waals surface area contributed by atoms with E-state index in [1.165, 1.54) is 0 Å². The summed E-state index contributed by atoms with van der Waals surface area (Å²) in [4.78, 5) is 13.4. The molecule has 2 heterocycles. The topological polar surface area (TPSA) is 82.0 Å². The van der Waals surface area contributed by atoms with E-state index in [9.17, 15) is 15.0 Å². The predicted octanol–water partition coefficient (Wildman–Crippen LogP) is 0.766. The Morgan fingerprint density at radius 1 is 1.46 bits per heavy atom. The fourth-order valence-corrected chi connectivity index (χ4v) is 5.52. The molecule has 1 amide bonds. The lowest BCUT2D eigenvalue weighted by atomic mass is 9.53. The highest BCUT2D eigenvalue weighted by Crippen LogP contribution is 2.63. The molecule has 0 unspecified atom stereocenters. The molecular formula is C18H20N2O4. The number of phenols is 1. The van der Waals surface area contributed by atoms with E-state index in [0.29, 0.717) is 23.9 Å². The Hall–Kier alpha value is -2.05. The average Bonchev–Trinajstić information content (AvgIpc) is 2.91. The van der Waals surface area contributed by atoms with Crippen molar-refractivity contribution in [1.82, 2.24) is 4.90 Å². The molecule has 2 bridgehead atoms. The first-order chi connectivity index (χ1) is 11.6. The minimum atomic E-state index is -0.689. The third-order valence-electron chi connectivity index (χ3n) is 6.49. The summed E-state index contributed by atoms with van der Waals surface area (Å²) in [6.07, 6.45) is 5.18. The minimum Gasteiger partial charge on any atom is -0.504 e. The summed E-state index contributed by atoms with van der Waals surface area (Å²) in [5.74, 6) is 0.761. The number of phenolic OH excluding ortho intramolecular Hbond substituents is 1. The van der Waals surface area contributed by atoms with Crippen LogP contribution in [0.5, 0.6) is 11.5 Å². The zero-order valence-electron chi connectivity index (χ0n) is 13.4. The van der Waals surface area contributed by atoms with Crippen molar-refractivity contribution in [2.24, 2.45) is 5.92 Å². The largest absolute Gasteiger partial charge is 0.504 e. The van der Waals surface area contributed by atoms with Gasteiger partial charge in [0.2, 0.25) is 6.41 Å². The van der Waals surface area contributed by atoms with Crippen molar-refractivity contribution in [2.75, 3.05) is 18.9 Å². The molecule has 5 atom stereocenters. The lowest BCUT2D eigenvalue weighted by Gasteiger charge is -2.56. The van der Waals surface area contributed by atoms with E-state index >= 15 is 0 Å². The number of likely N-dealkylation sites (tertiary alicyclic amines) is 1. The Labute approximate surface area is 139 Å². The number of aliphatic hydroxyl groups is 1. The summed E-state index contributed by atoms with van der Waals surface area (Å²) in [6, 6.07) is 1.86. The Morgan fingerprint density at radius 2 is 2.29 bits per heavy atom. The number of rotatable bonds is 2. The maximum Gasteiger partial charge on any atom is 0.211 e. The number of hydrogen-bond acceptors (Lipinski definition) is 5. The molecule has 0 aromatic heterocycles. The fraction of sp³-hybridized carbons (Fsp3) is 0.500. The van der Waals surface area contributed by atoms with Crippen molar-refractivity contribution in [3.05, 3.63) is 29.3 Å². The Bertz CT molecular complexity index is 777. The highest BCUT2D eigenvalue weighted by Gasteiger charge is 2.64. The van der Waals surface area contributed by atoms with Gasteiger partial charge >= 0.3 is 0 Å². The first kappa shape index (κ1) is 14.3. The van der Waals surface area contributed by atoms with Crippen LogP contribution in [0.1, 0.15) is 17.5 Å². The van der Waals surface area contributed by atoms with E-state index in [0.717, 1.165) is 30.5 Å². The highest BCUT2D eigenvalue weighted by atomic mass is 16.5. The van der Waals surface area contributed by atoms with Crippen LogP contribution in [0.25, 0.3) is 0 Å². The van der Waals surface area contributed by atoms with Crippen molar-refractivity contribution >= 4 is 12.1 Å². The molecule has 24 heavy (non-hydrogen) atoms. The number of carbonyl (C=O) groups is 1. The third kappa shape index (κ3) is 1.46. The van der Waals surface area contributed by atoms with Gasteiger partial charge in [0.25, 0.3) is 0 Å². The summed E-state index contributed by atoms with van der Waals surface area (Å²) in [7, 11) is 2.13. The van der Waals surface area contributed by atoms with Crippen LogP contribution in [-0.4, -0.2) is 53.4 Å². The second-order valence-corrected chi connectivity index (χ2v) is 7.37. The van der Waals surface area contributed by atoms with Gasteiger partial charge in [-0.2, -0.15) is 0 Å². The first-order valence-electron chi connectivity index (χ1n) is 8.40. The van der Waals surface area contributed by atoms with Crippen LogP contribution in [-0.2, 0) is 16.6 Å². The smallest absolute Gasteiger partial charge is 0.211 e. The molecule has 1 aromatic rings. The summed E-state index contributed by atoms with van der Waals surface area (Å²) in [5, 5.41) is 23.7. The monoisotopic (exact) mass is 328 g/mol. The summed E-state index contributed by atoms with van der Waals surface area (Å²) in [6.45, 7) is 0.923.